The second-order valence-corrected chi connectivity index (χ2v) is 15.7. The molecule has 12 rings (SSSR count). The van der Waals surface area contributed by atoms with Crippen molar-refractivity contribution in [3.63, 3.8) is 0 Å². The first-order chi connectivity index (χ1) is 30.2. The Morgan fingerprint density at radius 2 is 0.869 bits per heavy atom. The number of nitrogens with zero attached hydrogens (tertiary/aromatic N) is 2. The summed E-state index contributed by atoms with van der Waals surface area (Å²) in [4.78, 5) is 2.37. The topological polar surface area (TPSA) is 21.3 Å². The maximum Gasteiger partial charge on any atom is 0.136 e. The molecule has 0 unspecified atom stereocenters. The van der Waals surface area contributed by atoms with Crippen molar-refractivity contribution in [1.82, 2.24) is 4.57 Å². The molecule has 0 spiro atoms. The molecule has 3 nitrogen and oxygen atoms in total. The van der Waals surface area contributed by atoms with E-state index in [1.807, 2.05) is 12.1 Å². The maximum absolute atomic E-state index is 6.24. The predicted octanol–water partition coefficient (Wildman–Crippen LogP) is 16.3. The van der Waals surface area contributed by atoms with Crippen molar-refractivity contribution in [2.75, 3.05) is 4.90 Å². The van der Waals surface area contributed by atoms with Crippen LogP contribution in [0.2, 0.25) is 0 Å². The minimum atomic E-state index is 0.907. The third kappa shape index (κ3) is 5.98. The van der Waals surface area contributed by atoms with E-state index in [4.69, 9.17) is 4.42 Å². The van der Waals surface area contributed by atoms with Gasteiger partial charge in [-0.05, 0) is 123 Å². The second-order valence-electron chi connectivity index (χ2n) is 15.7. The van der Waals surface area contributed by atoms with Gasteiger partial charge in [-0.25, -0.2) is 0 Å². The molecule has 61 heavy (non-hydrogen) atoms. The Morgan fingerprint density at radius 1 is 0.328 bits per heavy atom. The zero-order valence-corrected chi connectivity index (χ0v) is 33.2. The Hall–Kier alpha value is -8.14. The second kappa shape index (κ2) is 14.3. The zero-order chi connectivity index (χ0) is 40.3. The molecule has 10 aromatic carbocycles. The minimum Gasteiger partial charge on any atom is -0.456 e. The highest BCUT2D eigenvalue weighted by Gasteiger charge is 2.17. The number of rotatable bonds is 7. The standard InChI is InChI=1S/C58H38N2O/c1-2-12-39(13-3-1)42-14-10-15-48(37-42)59(49-35-30-43-36-45(25-24-44(43)38-49)50-19-11-23-57-58(50)53-18-6-9-22-56(53)61-57)46-31-26-40(27-32-46)41-28-33-47(34-29-41)60-54-20-7-4-16-51(54)52-17-5-8-21-55(52)60/h1-38H. The van der Waals surface area contributed by atoms with E-state index < -0.39 is 0 Å². The first-order valence-corrected chi connectivity index (χ1v) is 20.8. The Balaban J connectivity index is 0.920. The van der Waals surface area contributed by atoms with Gasteiger partial charge in [0.05, 0.1) is 11.0 Å². The number of anilines is 3. The van der Waals surface area contributed by atoms with E-state index in [0.717, 1.165) is 44.7 Å². The summed E-state index contributed by atoms with van der Waals surface area (Å²) >= 11 is 0. The molecular formula is C58H38N2O. The lowest BCUT2D eigenvalue weighted by Crippen LogP contribution is -2.10. The number of benzene rings is 10. The zero-order valence-electron chi connectivity index (χ0n) is 33.2. The molecule has 0 saturated heterocycles. The van der Waals surface area contributed by atoms with Crippen molar-refractivity contribution in [2.45, 2.75) is 0 Å². The summed E-state index contributed by atoms with van der Waals surface area (Å²) in [6.45, 7) is 0. The van der Waals surface area contributed by atoms with Crippen LogP contribution in [0.5, 0.6) is 0 Å². The van der Waals surface area contributed by atoms with E-state index in [1.54, 1.807) is 0 Å². The van der Waals surface area contributed by atoms with Crippen LogP contribution < -0.4 is 4.90 Å². The van der Waals surface area contributed by atoms with Crippen molar-refractivity contribution < 1.29 is 4.42 Å². The molecule has 0 aliphatic heterocycles. The first-order valence-electron chi connectivity index (χ1n) is 20.8. The molecule has 0 radical (unpaired) electrons. The van der Waals surface area contributed by atoms with Gasteiger partial charge in [0.15, 0.2) is 0 Å². The maximum atomic E-state index is 6.24. The van der Waals surface area contributed by atoms with Crippen molar-refractivity contribution >= 4 is 71.6 Å². The molecule has 0 aliphatic rings. The molecule has 0 atom stereocenters. The SMILES string of the molecule is c1ccc(-c2cccc(N(c3ccc(-c4ccc(-n5c6ccccc6c6ccccc65)cc4)cc3)c3ccc4cc(-c5cccc6oc7ccccc7c56)ccc4c3)c2)cc1. The van der Waals surface area contributed by atoms with E-state index in [1.165, 1.54) is 66.0 Å². The number of fused-ring (bicyclic) bond motifs is 7. The van der Waals surface area contributed by atoms with Gasteiger partial charge in [-0.2, -0.15) is 0 Å². The largest absolute Gasteiger partial charge is 0.456 e. The van der Waals surface area contributed by atoms with Crippen LogP contribution in [0.3, 0.4) is 0 Å². The molecule has 12 aromatic rings. The number of aromatic nitrogens is 1. The number of para-hydroxylation sites is 3. The average molecular weight is 779 g/mol. The molecule has 0 N–H and O–H groups in total. The third-order valence-corrected chi connectivity index (χ3v) is 12.2. The molecular weight excluding hydrogens is 741 g/mol. The lowest BCUT2D eigenvalue weighted by atomic mass is 9.96. The van der Waals surface area contributed by atoms with Gasteiger partial charge in [0, 0.05) is 44.3 Å². The van der Waals surface area contributed by atoms with Crippen molar-refractivity contribution in [2.24, 2.45) is 0 Å². The van der Waals surface area contributed by atoms with Crippen LogP contribution in [0.4, 0.5) is 17.1 Å². The molecule has 0 bridgehead atoms. The van der Waals surface area contributed by atoms with Gasteiger partial charge in [-0.1, -0.05) is 152 Å². The monoisotopic (exact) mass is 778 g/mol. The number of hydrogen-bond acceptors (Lipinski definition) is 2. The average Bonchev–Trinajstić information content (AvgIpc) is 3.88. The van der Waals surface area contributed by atoms with E-state index >= 15 is 0 Å². The van der Waals surface area contributed by atoms with Gasteiger partial charge in [0.1, 0.15) is 11.2 Å². The summed E-state index contributed by atoms with van der Waals surface area (Å²) in [5, 5.41) is 7.19. The van der Waals surface area contributed by atoms with Crippen LogP contribution in [0.15, 0.2) is 235 Å². The highest BCUT2D eigenvalue weighted by molar-refractivity contribution is 6.13. The fourth-order valence-corrected chi connectivity index (χ4v) is 9.26. The van der Waals surface area contributed by atoms with E-state index in [-0.39, 0.29) is 0 Å². The van der Waals surface area contributed by atoms with E-state index in [9.17, 15) is 0 Å². The quantitative estimate of drug-likeness (QED) is 0.161. The van der Waals surface area contributed by atoms with Gasteiger partial charge in [0.25, 0.3) is 0 Å². The van der Waals surface area contributed by atoms with Gasteiger partial charge >= 0.3 is 0 Å². The fraction of sp³-hybridized carbons (Fsp3) is 0. The highest BCUT2D eigenvalue weighted by atomic mass is 16.3. The fourth-order valence-electron chi connectivity index (χ4n) is 9.26. The minimum absolute atomic E-state index is 0.907. The lowest BCUT2D eigenvalue weighted by Gasteiger charge is -2.26. The highest BCUT2D eigenvalue weighted by Crippen LogP contribution is 2.41. The number of furan rings is 1. The molecule has 0 saturated carbocycles. The smallest absolute Gasteiger partial charge is 0.136 e. The van der Waals surface area contributed by atoms with E-state index in [2.05, 4.69) is 228 Å². The molecule has 0 fully saturated rings. The first kappa shape index (κ1) is 34.9. The van der Waals surface area contributed by atoms with Gasteiger partial charge in [0.2, 0.25) is 0 Å². The summed E-state index contributed by atoms with van der Waals surface area (Å²) in [5.74, 6) is 0. The summed E-state index contributed by atoms with van der Waals surface area (Å²) < 4.78 is 8.60. The summed E-state index contributed by atoms with van der Waals surface area (Å²) in [6, 6.07) is 82.9. The van der Waals surface area contributed by atoms with Gasteiger partial charge < -0.3 is 13.9 Å². The van der Waals surface area contributed by atoms with Crippen molar-refractivity contribution in [3.05, 3.63) is 231 Å². The molecule has 286 valence electrons. The van der Waals surface area contributed by atoms with Gasteiger partial charge in [-0.15, -0.1) is 0 Å². The third-order valence-electron chi connectivity index (χ3n) is 12.2. The summed E-state index contributed by atoms with van der Waals surface area (Å²) in [7, 11) is 0. The van der Waals surface area contributed by atoms with Gasteiger partial charge in [-0.3, -0.25) is 0 Å². The lowest BCUT2D eigenvalue weighted by molar-refractivity contribution is 0.669. The molecule has 3 heteroatoms. The van der Waals surface area contributed by atoms with Crippen LogP contribution in [0.25, 0.3) is 93.6 Å². The van der Waals surface area contributed by atoms with Crippen LogP contribution in [0, 0.1) is 0 Å². The Morgan fingerprint density at radius 3 is 1.64 bits per heavy atom. The van der Waals surface area contributed by atoms with Crippen molar-refractivity contribution in [3.8, 4) is 39.1 Å². The summed E-state index contributed by atoms with van der Waals surface area (Å²) in [5.41, 5.74) is 15.7. The Kier molecular flexibility index (Phi) is 8.17. The van der Waals surface area contributed by atoms with Crippen LogP contribution >= 0.6 is 0 Å². The molecule has 2 heterocycles. The number of hydrogen-bond donors (Lipinski definition) is 0. The summed E-state index contributed by atoms with van der Waals surface area (Å²) in [6.07, 6.45) is 0. The molecule has 0 amide bonds. The van der Waals surface area contributed by atoms with Crippen LogP contribution in [-0.4, -0.2) is 4.57 Å². The predicted molar refractivity (Wildman–Crippen MR) is 257 cm³/mol. The Labute approximate surface area is 353 Å². The van der Waals surface area contributed by atoms with Crippen molar-refractivity contribution in [1.29, 1.82) is 0 Å². The Bertz CT molecular complexity index is 3520. The van der Waals surface area contributed by atoms with Crippen LogP contribution in [-0.2, 0) is 0 Å². The molecule has 2 aromatic heterocycles. The van der Waals surface area contributed by atoms with Crippen LogP contribution in [0.1, 0.15) is 0 Å². The molecule has 0 aliphatic carbocycles. The normalized spacial score (nSPS) is 11.6. The van der Waals surface area contributed by atoms with E-state index in [0.29, 0.717) is 0 Å².